The molecule has 0 fully saturated rings. The van der Waals surface area contributed by atoms with Crippen LogP contribution >= 0.6 is 11.8 Å². The van der Waals surface area contributed by atoms with Gasteiger partial charge in [-0.05, 0) is 12.3 Å². The van der Waals surface area contributed by atoms with Crippen molar-refractivity contribution in [1.29, 1.82) is 0 Å². The number of aromatic nitrogens is 2. The van der Waals surface area contributed by atoms with E-state index in [1.807, 2.05) is 20.8 Å². The number of hydrogen-bond acceptors (Lipinski definition) is 4. The monoisotopic (exact) mass is 337 g/mol. The lowest BCUT2D eigenvalue weighted by molar-refractivity contribution is -0.124. The van der Waals surface area contributed by atoms with Crippen molar-refractivity contribution in [2.45, 2.75) is 58.2 Å². The molecule has 0 bridgehead atoms. The summed E-state index contributed by atoms with van der Waals surface area (Å²) < 4.78 is 1.64. The normalized spacial score (nSPS) is 17.9. The van der Waals surface area contributed by atoms with Gasteiger partial charge >= 0.3 is 0 Å². The molecule has 5 nitrogen and oxygen atoms in total. The van der Waals surface area contributed by atoms with Gasteiger partial charge in [-0.2, -0.15) is 0 Å². The minimum atomic E-state index is -0.167. The van der Waals surface area contributed by atoms with Gasteiger partial charge in [-0.25, -0.2) is 4.98 Å². The van der Waals surface area contributed by atoms with Crippen LogP contribution in [0.1, 0.15) is 46.7 Å². The zero-order valence-corrected chi connectivity index (χ0v) is 15.5. The number of rotatable bonds is 4. The number of hydrogen-bond donors (Lipinski definition) is 1. The first-order valence-electron chi connectivity index (χ1n) is 8.21. The molecule has 0 saturated heterocycles. The second-order valence-corrected chi connectivity index (χ2v) is 8.59. The third-order valence-electron chi connectivity index (χ3n) is 3.95. The highest BCUT2D eigenvalue weighted by molar-refractivity contribution is 7.99. The zero-order chi connectivity index (χ0) is 17.2. The van der Waals surface area contributed by atoms with Crippen LogP contribution in [0.2, 0.25) is 0 Å². The molecule has 2 rings (SSSR count). The summed E-state index contributed by atoms with van der Waals surface area (Å²) in [4.78, 5) is 29.3. The lowest BCUT2D eigenvalue weighted by atomic mass is 9.92. The molecule has 0 saturated carbocycles. The molecule has 128 valence electrons. The van der Waals surface area contributed by atoms with Crippen LogP contribution in [0, 0.1) is 11.8 Å². The summed E-state index contributed by atoms with van der Waals surface area (Å²) in [6, 6.07) is 1.60. The van der Waals surface area contributed by atoms with E-state index in [-0.39, 0.29) is 22.8 Å². The van der Waals surface area contributed by atoms with Gasteiger partial charge in [0.25, 0.3) is 5.56 Å². The van der Waals surface area contributed by atoms with E-state index in [0.717, 1.165) is 17.3 Å². The molecule has 1 amide bonds. The number of nitrogens with one attached hydrogen (secondary N) is 1. The average Bonchev–Trinajstić information content (AvgIpc) is 2.45. The van der Waals surface area contributed by atoms with Crippen molar-refractivity contribution in [1.82, 2.24) is 14.9 Å². The molecule has 0 spiro atoms. The predicted molar refractivity (Wildman–Crippen MR) is 93.9 cm³/mol. The van der Waals surface area contributed by atoms with Gasteiger partial charge in [0.2, 0.25) is 5.91 Å². The number of carbonyl (C=O) groups excluding carboxylic acids is 1. The Hall–Kier alpha value is -1.30. The van der Waals surface area contributed by atoms with Crippen molar-refractivity contribution in [2.24, 2.45) is 11.8 Å². The molecular formula is C17H27N3O2S. The van der Waals surface area contributed by atoms with E-state index in [0.29, 0.717) is 24.8 Å². The summed E-state index contributed by atoms with van der Waals surface area (Å²) in [6.07, 6.45) is 0.971. The smallest absolute Gasteiger partial charge is 0.254 e. The van der Waals surface area contributed by atoms with Gasteiger partial charge in [-0.15, -0.1) is 0 Å². The van der Waals surface area contributed by atoms with Gasteiger partial charge < -0.3 is 5.32 Å². The van der Waals surface area contributed by atoms with Crippen LogP contribution in [0.25, 0.3) is 0 Å². The van der Waals surface area contributed by atoms with Crippen molar-refractivity contribution in [3.8, 4) is 0 Å². The Kier molecular flexibility index (Phi) is 5.55. The molecule has 0 radical (unpaired) electrons. The number of fused-ring (bicyclic) bond motifs is 1. The molecule has 6 heteroatoms. The molecule has 1 aromatic heterocycles. The highest BCUT2D eigenvalue weighted by Crippen LogP contribution is 2.27. The molecule has 23 heavy (non-hydrogen) atoms. The molecule has 1 aromatic rings. The van der Waals surface area contributed by atoms with Crippen LogP contribution in [0.4, 0.5) is 0 Å². The van der Waals surface area contributed by atoms with E-state index in [4.69, 9.17) is 0 Å². The van der Waals surface area contributed by atoms with Gasteiger partial charge in [0.1, 0.15) is 0 Å². The Bertz CT molecular complexity index is 632. The van der Waals surface area contributed by atoms with Gasteiger partial charge in [-0.1, -0.05) is 46.4 Å². The topological polar surface area (TPSA) is 64.0 Å². The minimum Gasteiger partial charge on any atom is -0.356 e. The predicted octanol–water partition coefficient (Wildman–Crippen LogP) is 2.43. The third-order valence-corrected chi connectivity index (χ3v) is 5.09. The van der Waals surface area contributed by atoms with Gasteiger partial charge in [-0.3, -0.25) is 14.2 Å². The first-order valence-corrected chi connectivity index (χ1v) is 9.20. The van der Waals surface area contributed by atoms with Crippen molar-refractivity contribution >= 4 is 17.7 Å². The number of carbonyl (C=O) groups is 1. The Labute approximate surface area is 142 Å². The van der Waals surface area contributed by atoms with Crippen molar-refractivity contribution in [3.63, 3.8) is 0 Å². The quantitative estimate of drug-likeness (QED) is 0.857. The molecule has 1 unspecified atom stereocenters. The van der Waals surface area contributed by atoms with Crippen LogP contribution in [-0.4, -0.2) is 27.8 Å². The third kappa shape index (κ3) is 4.59. The highest BCUT2D eigenvalue weighted by atomic mass is 32.2. The van der Waals surface area contributed by atoms with Crippen LogP contribution in [-0.2, 0) is 16.8 Å². The highest BCUT2D eigenvalue weighted by Gasteiger charge is 2.28. The van der Waals surface area contributed by atoms with E-state index in [9.17, 15) is 9.59 Å². The van der Waals surface area contributed by atoms with Crippen molar-refractivity contribution in [2.75, 3.05) is 12.3 Å². The van der Waals surface area contributed by atoms with Gasteiger partial charge in [0.05, 0.1) is 11.6 Å². The summed E-state index contributed by atoms with van der Waals surface area (Å²) >= 11 is 1.50. The average molecular weight is 337 g/mol. The maximum absolute atomic E-state index is 12.4. The van der Waals surface area contributed by atoms with Gasteiger partial charge in [0.15, 0.2) is 5.16 Å². The lowest BCUT2D eigenvalue weighted by Gasteiger charge is -2.26. The first-order chi connectivity index (χ1) is 10.7. The standard InChI is InChI=1S/C17H27N3O2S/c1-11(2)6-7-18-15(22)12-9-20-14(21)8-13(17(3,4)5)19-16(20)23-10-12/h8,11-12H,6-7,9-10H2,1-5H3,(H,18,22). The Balaban J connectivity index is 2.09. The van der Waals surface area contributed by atoms with Gasteiger partial charge in [0, 0.05) is 30.3 Å². The van der Waals surface area contributed by atoms with Crippen LogP contribution in [0.3, 0.4) is 0 Å². The Morgan fingerprint density at radius 1 is 1.48 bits per heavy atom. The summed E-state index contributed by atoms with van der Waals surface area (Å²) in [5, 5.41) is 3.71. The summed E-state index contributed by atoms with van der Waals surface area (Å²) in [5.74, 6) is 1.11. The largest absolute Gasteiger partial charge is 0.356 e. The Morgan fingerprint density at radius 2 is 2.17 bits per heavy atom. The molecule has 1 aliphatic heterocycles. The lowest BCUT2D eigenvalue weighted by Crippen LogP contribution is -2.40. The second kappa shape index (κ2) is 7.07. The summed E-state index contributed by atoms with van der Waals surface area (Å²) in [6.45, 7) is 11.5. The van der Waals surface area contributed by atoms with E-state index in [1.165, 1.54) is 11.8 Å². The van der Waals surface area contributed by atoms with Crippen LogP contribution in [0.15, 0.2) is 16.0 Å². The molecule has 2 heterocycles. The molecule has 1 atom stereocenters. The number of nitrogens with zero attached hydrogens (tertiary/aromatic N) is 2. The first kappa shape index (κ1) is 18.0. The van der Waals surface area contributed by atoms with E-state index >= 15 is 0 Å². The summed E-state index contributed by atoms with van der Waals surface area (Å²) in [5.41, 5.74) is 0.591. The minimum absolute atomic E-state index is 0.0376. The van der Waals surface area contributed by atoms with E-state index < -0.39 is 0 Å². The van der Waals surface area contributed by atoms with Crippen LogP contribution in [0.5, 0.6) is 0 Å². The fourth-order valence-corrected chi connectivity index (χ4v) is 3.47. The van der Waals surface area contributed by atoms with Crippen molar-refractivity contribution in [3.05, 3.63) is 22.1 Å². The Morgan fingerprint density at radius 3 is 2.78 bits per heavy atom. The number of thioether (sulfide) groups is 1. The SMILES string of the molecule is CC(C)CCNC(=O)C1CSc2nc(C(C)(C)C)cc(=O)n2C1. The zero-order valence-electron chi connectivity index (χ0n) is 14.7. The van der Waals surface area contributed by atoms with Crippen LogP contribution < -0.4 is 10.9 Å². The van der Waals surface area contributed by atoms with E-state index in [2.05, 4.69) is 24.1 Å². The molecule has 1 aliphatic rings. The number of amides is 1. The molecule has 0 aliphatic carbocycles. The fraction of sp³-hybridized carbons (Fsp3) is 0.706. The maximum Gasteiger partial charge on any atom is 0.254 e. The fourth-order valence-electron chi connectivity index (χ4n) is 2.38. The molecule has 0 aromatic carbocycles. The van der Waals surface area contributed by atoms with Crippen molar-refractivity contribution < 1.29 is 4.79 Å². The second-order valence-electron chi connectivity index (χ2n) is 7.60. The molecule has 1 N–H and O–H groups in total. The summed E-state index contributed by atoms with van der Waals surface area (Å²) in [7, 11) is 0. The maximum atomic E-state index is 12.4. The molecular weight excluding hydrogens is 310 g/mol. The van der Waals surface area contributed by atoms with E-state index in [1.54, 1.807) is 10.6 Å².